The fraction of sp³-hybridized carbons (Fsp3) is 0.611. The van der Waals surface area contributed by atoms with Gasteiger partial charge in [0.15, 0.2) is 0 Å². The topological polar surface area (TPSA) is 20.3 Å². The van der Waals surface area contributed by atoms with E-state index in [0.717, 1.165) is 25.2 Å². The van der Waals surface area contributed by atoms with E-state index in [4.69, 9.17) is 0 Å². The number of carbonyl (C=O) groups is 1. The maximum absolute atomic E-state index is 12.4. The molecule has 1 unspecified atom stereocenters. The molecule has 2 heteroatoms. The summed E-state index contributed by atoms with van der Waals surface area (Å²) in [4.78, 5) is 14.4. The van der Waals surface area contributed by atoms with Crippen molar-refractivity contribution < 1.29 is 4.79 Å². The number of likely N-dealkylation sites (N-methyl/N-ethyl adjacent to an activating group) is 1. The van der Waals surface area contributed by atoms with E-state index in [9.17, 15) is 4.79 Å². The zero-order chi connectivity index (χ0) is 13.9. The van der Waals surface area contributed by atoms with Crippen LogP contribution in [-0.4, -0.2) is 23.9 Å². The largest absolute Gasteiger partial charge is 0.342 e. The quantitative estimate of drug-likeness (QED) is 0.818. The fourth-order valence-corrected chi connectivity index (χ4v) is 4.01. The Bertz CT molecular complexity index is 450. The highest BCUT2D eigenvalue weighted by atomic mass is 16.2. The molecule has 1 aliphatic carbocycles. The Balaban J connectivity index is 1.61. The Morgan fingerprint density at radius 1 is 1.15 bits per heavy atom. The van der Waals surface area contributed by atoms with Gasteiger partial charge in [-0.25, -0.2) is 0 Å². The minimum absolute atomic E-state index is 0.289. The van der Waals surface area contributed by atoms with Gasteiger partial charge in [0.1, 0.15) is 0 Å². The Labute approximate surface area is 122 Å². The van der Waals surface area contributed by atoms with E-state index in [1.54, 1.807) is 0 Å². The predicted molar refractivity (Wildman–Crippen MR) is 81.4 cm³/mol. The molecule has 0 radical (unpaired) electrons. The zero-order valence-corrected chi connectivity index (χ0v) is 12.4. The summed E-state index contributed by atoms with van der Waals surface area (Å²) in [6.07, 6.45) is 8.62. The predicted octanol–water partition coefficient (Wildman–Crippen LogP) is 3.66. The fourth-order valence-electron chi connectivity index (χ4n) is 4.01. The summed E-state index contributed by atoms with van der Waals surface area (Å²) < 4.78 is 0. The number of hydrogen-bond acceptors (Lipinski definition) is 1. The monoisotopic (exact) mass is 271 g/mol. The van der Waals surface area contributed by atoms with Crippen LogP contribution in [0.3, 0.4) is 0 Å². The zero-order valence-electron chi connectivity index (χ0n) is 12.4. The van der Waals surface area contributed by atoms with Crippen molar-refractivity contribution in [2.75, 3.05) is 7.05 Å². The normalized spacial score (nSPS) is 27.4. The molecule has 2 nitrogen and oxygen atoms in total. The summed E-state index contributed by atoms with van der Waals surface area (Å²) in [5, 5.41) is 0. The molecule has 1 aliphatic heterocycles. The van der Waals surface area contributed by atoms with Crippen LogP contribution in [0.2, 0.25) is 0 Å². The van der Waals surface area contributed by atoms with Crippen LogP contribution < -0.4 is 0 Å². The number of rotatable bonds is 4. The smallest absolute Gasteiger partial charge is 0.225 e. The van der Waals surface area contributed by atoms with Crippen molar-refractivity contribution in [2.45, 2.75) is 51.0 Å². The average molecular weight is 271 g/mol. The highest BCUT2D eigenvalue weighted by Crippen LogP contribution is 2.36. The van der Waals surface area contributed by atoms with Crippen LogP contribution in [0, 0.1) is 11.8 Å². The lowest BCUT2D eigenvalue weighted by Crippen LogP contribution is -2.31. The molecule has 1 heterocycles. The van der Waals surface area contributed by atoms with Crippen LogP contribution in [0.25, 0.3) is 0 Å². The minimum atomic E-state index is 0.289. The van der Waals surface area contributed by atoms with E-state index < -0.39 is 0 Å². The summed E-state index contributed by atoms with van der Waals surface area (Å²) in [6, 6.07) is 11.0. The van der Waals surface area contributed by atoms with Crippen LogP contribution >= 0.6 is 0 Å². The van der Waals surface area contributed by atoms with Crippen LogP contribution in [0.4, 0.5) is 0 Å². The number of benzene rings is 1. The Hall–Kier alpha value is -1.31. The van der Waals surface area contributed by atoms with Gasteiger partial charge < -0.3 is 4.90 Å². The standard InChI is InChI=1S/C18H25NO/c1-19-17(12-15-7-3-2-4-8-15)13-16(18(19)20)11-14-9-5-6-10-14/h2-4,7-8,14,16-17H,5-6,9-13H2,1H3/t16?,17-/m0/s1. The van der Waals surface area contributed by atoms with Crippen molar-refractivity contribution in [3.63, 3.8) is 0 Å². The second-order valence-electron chi connectivity index (χ2n) is 6.61. The maximum Gasteiger partial charge on any atom is 0.225 e. The molecule has 2 fully saturated rings. The van der Waals surface area contributed by atoms with Gasteiger partial charge in [-0.2, -0.15) is 0 Å². The second-order valence-corrected chi connectivity index (χ2v) is 6.61. The van der Waals surface area contributed by atoms with Crippen molar-refractivity contribution in [2.24, 2.45) is 11.8 Å². The lowest BCUT2D eigenvalue weighted by molar-refractivity contribution is -0.131. The third-order valence-corrected chi connectivity index (χ3v) is 5.21. The summed E-state index contributed by atoms with van der Waals surface area (Å²) in [5.41, 5.74) is 1.35. The van der Waals surface area contributed by atoms with E-state index in [2.05, 4.69) is 30.3 Å². The van der Waals surface area contributed by atoms with Gasteiger partial charge in [0, 0.05) is 19.0 Å². The van der Waals surface area contributed by atoms with Crippen molar-refractivity contribution >= 4 is 5.91 Å². The molecule has 0 aromatic heterocycles. The molecule has 20 heavy (non-hydrogen) atoms. The molecule has 1 amide bonds. The SMILES string of the molecule is CN1C(=O)C(CC2CCCC2)C[C@@H]1Cc1ccccc1. The molecule has 0 spiro atoms. The molecule has 2 atom stereocenters. The minimum Gasteiger partial charge on any atom is -0.342 e. The molecular weight excluding hydrogens is 246 g/mol. The molecule has 2 aliphatic rings. The van der Waals surface area contributed by atoms with Crippen LogP contribution in [-0.2, 0) is 11.2 Å². The molecule has 1 saturated carbocycles. The summed E-state index contributed by atoms with van der Waals surface area (Å²) >= 11 is 0. The van der Waals surface area contributed by atoms with E-state index in [1.807, 2.05) is 11.9 Å². The number of nitrogens with zero attached hydrogens (tertiary/aromatic N) is 1. The van der Waals surface area contributed by atoms with Gasteiger partial charge >= 0.3 is 0 Å². The summed E-state index contributed by atoms with van der Waals surface area (Å²) in [5.74, 6) is 1.49. The molecule has 1 saturated heterocycles. The van der Waals surface area contributed by atoms with Gasteiger partial charge in [-0.1, -0.05) is 56.0 Å². The second kappa shape index (κ2) is 5.99. The number of carbonyl (C=O) groups excluding carboxylic acids is 1. The number of hydrogen-bond donors (Lipinski definition) is 0. The molecule has 108 valence electrons. The first kappa shape index (κ1) is 13.7. The molecule has 1 aromatic carbocycles. The van der Waals surface area contributed by atoms with Crippen molar-refractivity contribution in [3.05, 3.63) is 35.9 Å². The summed E-state index contributed by atoms with van der Waals surface area (Å²) in [6.45, 7) is 0. The first-order chi connectivity index (χ1) is 9.74. The highest BCUT2D eigenvalue weighted by molar-refractivity contribution is 5.81. The van der Waals surface area contributed by atoms with Crippen LogP contribution in [0.1, 0.15) is 44.1 Å². The Kier molecular flexibility index (Phi) is 4.09. The number of likely N-dealkylation sites (tertiary alicyclic amines) is 1. The van der Waals surface area contributed by atoms with Crippen LogP contribution in [0.5, 0.6) is 0 Å². The first-order valence-electron chi connectivity index (χ1n) is 8.04. The average Bonchev–Trinajstić information content (AvgIpc) is 3.06. The lowest BCUT2D eigenvalue weighted by atomic mass is 9.90. The molecule has 1 aromatic rings. The van der Waals surface area contributed by atoms with Gasteiger partial charge in [-0.05, 0) is 30.7 Å². The van der Waals surface area contributed by atoms with Crippen molar-refractivity contribution in [1.82, 2.24) is 4.90 Å². The number of amides is 1. The molecule has 0 bridgehead atoms. The van der Waals surface area contributed by atoms with Crippen molar-refractivity contribution in [3.8, 4) is 0 Å². The third-order valence-electron chi connectivity index (χ3n) is 5.21. The highest BCUT2D eigenvalue weighted by Gasteiger charge is 2.38. The molecule has 0 N–H and O–H groups in total. The van der Waals surface area contributed by atoms with Gasteiger partial charge in [0.2, 0.25) is 5.91 Å². The lowest BCUT2D eigenvalue weighted by Gasteiger charge is -2.19. The van der Waals surface area contributed by atoms with E-state index in [-0.39, 0.29) is 5.92 Å². The first-order valence-corrected chi connectivity index (χ1v) is 8.04. The van der Waals surface area contributed by atoms with Gasteiger partial charge in [0.05, 0.1) is 0 Å². The molecular formula is C18H25NO. The van der Waals surface area contributed by atoms with Gasteiger partial charge in [0.25, 0.3) is 0 Å². The Morgan fingerprint density at radius 3 is 2.55 bits per heavy atom. The maximum atomic E-state index is 12.4. The van der Waals surface area contributed by atoms with Gasteiger partial charge in [-0.3, -0.25) is 4.79 Å². The van der Waals surface area contributed by atoms with Crippen LogP contribution in [0.15, 0.2) is 30.3 Å². The van der Waals surface area contributed by atoms with Gasteiger partial charge in [-0.15, -0.1) is 0 Å². The third kappa shape index (κ3) is 2.89. The van der Waals surface area contributed by atoms with E-state index in [1.165, 1.54) is 31.2 Å². The summed E-state index contributed by atoms with van der Waals surface area (Å²) in [7, 11) is 1.99. The Morgan fingerprint density at radius 2 is 1.85 bits per heavy atom. The van der Waals surface area contributed by atoms with E-state index >= 15 is 0 Å². The van der Waals surface area contributed by atoms with E-state index in [0.29, 0.717) is 11.9 Å². The van der Waals surface area contributed by atoms with Crippen molar-refractivity contribution in [1.29, 1.82) is 0 Å². The molecule has 3 rings (SSSR count).